The second-order valence-electron chi connectivity index (χ2n) is 5.90. The van der Waals surface area contributed by atoms with E-state index in [1.54, 1.807) is 29.0 Å². The molecule has 0 fully saturated rings. The molecule has 0 bridgehead atoms. The van der Waals surface area contributed by atoms with Crippen molar-refractivity contribution in [2.45, 2.75) is 27.3 Å². The number of likely N-dealkylation sites (N-methyl/N-ethyl adjacent to an activating group) is 1. The summed E-state index contributed by atoms with van der Waals surface area (Å²) in [6.45, 7) is 6.24. The van der Waals surface area contributed by atoms with Crippen LogP contribution in [0.25, 0.3) is 11.0 Å². The molecule has 118 valence electrons. The molecule has 23 heavy (non-hydrogen) atoms. The lowest BCUT2D eigenvalue weighted by Crippen LogP contribution is -2.31. The van der Waals surface area contributed by atoms with E-state index in [2.05, 4.69) is 10.1 Å². The zero-order valence-electron chi connectivity index (χ0n) is 13.9. The number of hydrogen-bond acceptors (Lipinski definition) is 3. The van der Waals surface area contributed by atoms with Gasteiger partial charge in [-0.25, -0.2) is 9.67 Å². The van der Waals surface area contributed by atoms with Crippen molar-refractivity contribution in [2.75, 3.05) is 11.9 Å². The van der Waals surface area contributed by atoms with Gasteiger partial charge in [0, 0.05) is 24.3 Å². The van der Waals surface area contributed by atoms with Crippen LogP contribution in [0.15, 0.2) is 36.7 Å². The summed E-state index contributed by atoms with van der Waals surface area (Å²) in [5.74, 6) is -0.0222. The number of anilines is 1. The molecule has 0 radical (unpaired) electrons. The van der Waals surface area contributed by atoms with Gasteiger partial charge < -0.3 is 4.90 Å². The topological polar surface area (TPSA) is 51.0 Å². The molecule has 2 aromatic heterocycles. The summed E-state index contributed by atoms with van der Waals surface area (Å²) in [4.78, 5) is 18.7. The minimum atomic E-state index is -0.0222. The lowest BCUT2D eigenvalue weighted by Gasteiger charge is -2.20. The number of pyridine rings is 1. The largest absolute Gasteiger partial charge is 0.314 e. The second-order valence-corrected chi connectivity index (χ2v) is 5.90. The second kappa shape index (κ2) is 5.83. The Kier molecular flexibility index (Phi) is 3.86. The maximum atomic E-state index is 12.6. The summed E-state index contributed by atoms with van der Waals surface area (Å²) in [6, 6.07) is 7.99. The quantitative estimate of drug-likeness (QED) is 0.747. The Bertz CT molecular complexity index is 882. The highest BCUT2D eigenvalue weighted by Crippen LogP contribution is 2.22. The van der Waals surface area contributed by atoms with Crippen LogP contribution in [0.3, 0.4) is 0 Å². The van der Waals surface area contributed by atoms with Crippen LogP contribution in [-0.2, 0) is 11.3 Å². The third kappa shape index (κ3) is 2.82. The molecule has 5 heteroatoms. The molecule has 5 nitrogen and oxygen atoms in total. The summed E-state index contributed by atoms with van der Waals surface area (Å²) in [5.41, 5.74) is 5.02. The number of fused-ring (bicyclic) bond motifs is 1. The molecule has 0 unspecified atom stereocenters. The summed E-state index contributed by atoms with van der Waals surface area (Å²) in [7, 11) is 1.80. The average Bonchev–Trinajstić information content (AvgIpc) is 2.91. The number of amides is 1. The highest BCUT2D eigenvalue weighted by atomic mass is 16.2. The molecule has 0 saturated carbocycles. The molecule has 0 spiro atoms. The van der Waals surface area contributed by atoms with Crippen LogP contribution in [0.2, 0.25) is 0 Å². The Morgan fingerprint density at radius 2 is 2.00 bits per heavy atom. The van der Waals surface area contributed by atoms with Gasteiger partial charge >= 0.3 is 0 Å². The molecular weight excluding hydrogens is 288 g/mol. The Morgan fingerprint density at radius 3 is 2.78 bits per heavy atom. The Balaban J connectivity index is 1.87. The zero-order valence-corrected chi connectivity index (χ0v) is 13.9. The number of carbonyl (C=O) groups excluding carboxylic acids is 1. The molecule has 2 heterocycles. The van der Waals surface area contributed by atoms with Crippen LogP contribution < -0.4 is 4.90 Å². The van der Waals surface area contributed by atoms with Crippen molar-refractivity contribution in [3.63, 3.8) is 0 Å². The predicted molar refractivity (Wildman–Crippen MR) is 91.6 cm³/mol. The standard InChI is InChI=1S/C18H20N4O/c1-12-8-15-10-20-22(18(15)19-9-12)11-17(23)21(4)16-7-5-6-13(2)14(16)3/h5-10H,11H2,1-4H3. The van der Waals surface area contributed by atoms with Gasteiger partial charge in [0.15, 0.2) is 5.65 Å². The van der Waals surface area contributed by atoms with Crippen molar-refractivity contribution in [2.24, 2.45) is 0 Å². The monoisotopic (exact) mass is 308 g/mol. The molecule has 0 aliphatic heterocycles. The SMILES string of the molecule is Cc1cnc2c(cnn2CC(=O)N(C)c2cccc(C)c2C)c1. The Labute approximate surface area is 135 Å². The van der Waals surface area contributed by atoms with Crippen LogP contribution in [0.1, 0.15) is 16.7 Å². The molecule has 0 atom stereocenters. The number of aromatic nitrogens is 3. The van der Waals surface area contributed by atoms with E-state index in [0.717, 1.165) is 27.8 Å². The first-order chi connectivity index (χ1) is 11.0. The van der Waals surface area contributed by atoms with Crippen molar-refractivity contribution in [3.05, 3.63) is 53.3 Å². The Hall–Kier alpha value is -2.69. The van der Waals surface area contributed by atoms with Crippen molar-refractivity contribution < 1.29 is 4.79 Å². The van der Waals surface area contributed by atoms with Gasteiger partial charge in [0.25, 0.3) is 0 Å². The van der Waals surface area contributed by atoms with Crippen LogP contribution in [0.4, 0.5) is 5.69 Å². The molecule has 3 rings (SSSR count). The van der Waals surface area contributed by atoms with E-state index in [9.17, 15) is 4.79 Å². The third-order valence-electron chi connectivity index (χ3n) is 4.21. The van der Waals surface area contributed by atoms with Gasteiger partial charge in [-0.2, -0.15) is 5.10 Å². The first-order valence-corrected chi connectivity index (χ1v) is 7.58. The maximum Gasteiger partial charge on any atom is 0.248 e. The molecule has 0 aliphatic carbocycles. The highest BCUT2D eigenvalue weighted by molar-refractivity contribution is 5.94. The number of hydrogen-bond donors (Lipinski definition) is 0. The third-order valence-corrected chi connectivity index (χ3v) is 4.21. The van der Waals surface area contributed by atoms with E-state index in [4.69, 9.17) is 0 Å². The van der Waals surface area contributed by atoms with Crippen molar-refractivity contribution >= 4 is 22.6 Å². The normalized spacial score (nSPS) is 11.0. The minimum absolute atomic E-state index is 0.0222. The lowest BCUT2D eigenvalue weighted by atomic mass is 10.1. The minimum Gasteiger partial charge on any atom is -0.314 e. The number of aryl methyl sites for hydroxylation is 2. The molecule has 0 aliphatic rings. The summed E-state index contributed by atoms with van der Waals surface area (Å²) >= 11 is 0. The molecule has 0 saturated heterocycles. The summed E-state index contributed by atoms with van der Waals surface area (Å²) < 4.78 is 1.65. The van der Waals surface area contributed by atoms with Gasteiger partial charge in [0.1, 0.15) is 6.54 Å². The van der Waals surface area contributed by atoms with Gasteiger partial charge in [-0.15, -0.1) is 0 Å². The first kappa shape index (κ1) is 15.2. The van der Waals surface area contributed by atoms with Gasteiger partial charge in [0.2, 0.25) is 5.91 Å². The van der Waals surface area contributed by atoms with Crippen molar-refractivity contribution in [1.29, 1.82) is 0 Å². The number of carbonyl (C=O) groups is 1. The van der Waals surface area contributed by atoms with Crippen LogP contribution in [-0.4, -0.2) is 27.7 Å². The van der Waals surface area contributed by atoms with Gasteiger partial charge in [-0.3, -0.25) is 4.79 Å². The van der Waals surface area contributed by atoms with Gasteiger partial charge in [0.05, 0.1) is 6.20 Å². The fourth-order valence-corrected chi connectivity index (χ4v) is 2.67. The fraction of sp³-hybridized carbons (Fsp3) is 0.278. The maximum absolute atomic E-state index is 12.6. The molecule has 1 aromatic carbocycles. The van der Waals surface area contributed by atoms with E-state index < -0.39 is 0 Å². The number of benzene rings is 1. The van der Waals surface area contributed by atoms with Crippen molar-refractivity contribution in [1.82, 2.24) is 14.8 Å². The zero-order chi connectivity index (χ0) is 16.6. The van der Waals surface area contributed by atoms with Gasteiger partial charge in [-0.1, -0.05) is 12.1 Å². The first-order valence-electron chi connectivity index (χ1n) is 7.58. The van der Waals surface area contributed by atoms with E-state index in [1.165, 1.54) is 5.56 Å². The predicted octanol–water partition coefficient (Wildman–Crippen LogP) is 3.02. The molecule has 1 amide bonds. The van der Waals surface area contributed by atoms with E-state index in [1.807, 2.05) is 45.0 Å². The fourth-order valence-electron chi connectivity index (χ4n) is 2.67. The lowest BCUT2D eigenvalue weighted by molar-refractivity contribution is -0.119. The van der Waals surface area contributed by atoms with E-state index in [-0.39, 0.29) is 12.5 Å². The summed E-state index contributed by atoms with van der Waals surface area (Å²) in [5, 5.41) is 5.25. The molecule has 0 N–H and O–H groups in total. The van der Waals surface area contributed by atoms with Crippen LogP contribution in [0, 0.1) is 20.8 Å². The molecule has 3 aromatic rings. The summed E-state index contributed by atoms with van der Waals surface area (Å²) in [6.07, 6.45) is 3.54. The molecular formula is C18H20N4O. The number of rotatable bonds is 3. The average molecular weight is 308 g/mol. The Morgan fingerprint density at radius 1 is 1.22 bits per heavy atom. The smallest absolute Gasteiger partial charge is 0.248 e. The van der Waals surface area contributed by atoms with Crippen LogP contribution >= 0.6 is 0 Å². The van der Waals surface area contributed by atoms with Gasteiger partial charge in [-0.05, 0) is 49.6 Å². The van der Waals surface area contributed by atoms with Crippen molar-refractivity contribution in [3.8, 4) is 0 Å². The number of nitrogens with zero attached hydrogens (tertiary/aromatic N) is 4. The van der Waals surface area contributed by atoms with E-state index >= 15 is 0 Å². The van der Waals surface area contributed by atoms with E-state index in [0.29, 0.717) is 0 Å². The van der Waals surface area contributed by atoms with Crippen LogP contribution in [0.5, 0.6) is 0 Å². The highest BCUT2D eigenvalue weighted by Gasteiger charge is 2.16.